The zero-order valence-corrected chi connectivity index (χ0v) is 12.9. The molecule has 0 aliphatic carbocycles. The van der Waals surface area contributed by atoms with Gasteiger partial charge in [-0.2, -0.15) is 0 Å². The summed E-state index contributed by atoms with van der Waals surface area (Å²) in [5, 5.41) is 8.97. The Hall–Kier alpha value is -1.14. The van der Waals surface area contributed by atoms with E-state index in [1.54, 1.807) is 0 Å². The van der Waals surface area contributed by atoms with Gasteiger partial charge in [0.2, 0.25) is 5.91 Å². The molecule has 6 nitrogen and oxygen atoms in total. The van der Waals surface area contributed by atoms with Crippen LogP contribution in [-0.4, -0.2) is 72.7 Å². The van der Waals surface area contributed by atoms with Crippen LogP contribution in [0.3, 0.4) is 0 Å². The van der Waals surface area contributed by atoms with Gasteiger partial charge in [-0.1, -0.05) is 0 Å². The van der Waals surface area contributed by atoms with Gasteiger partial charge in [0.05, 0.1) is 5.60 Å². The molecule has 1 atom stereocenters. The summed E-state index contributed by atoms with van der Waals surface area (Å²) in [6.07, 6.45) is 1.31. The molecule has 1 aliphatic rings. The van der Waals surface area contributed by atoms with Crippen LogP contribution in [0.25, 0.3) is 0 Å². The first kappa shape index (κ1) is 16.9. The van der Waals surface area contributed by atoms with Crippen molar-refractivity contribution >= 4 is 11.9 Å². The van der Waals surface area contributed by atoms with Crippen LogP contribution >= 0.6 is 0 Å². The molecule has 0 aromatic heterocycles. The van der Waals surface area contributed by atoms with Gasteiger partial charge >= 0.3 is 5.97 Å². The lowest BCUT2D eigenvalue weighted by Crippen LogP contribution is -2.46. The van der Waals surface area contributed by atoms with Crippen molar-refractivity contribution < 1.29 is 19.4 Å². The molecule has 0 aromatic carbocycles. The van der Waals surface area contributed by atoms with Crippen molar-refractivity contribution in [2.75, 3.05) is 40.3 Å². The molecule has 0 spiro atoms. The topological polar surface area (TPSA) is 70.1 Å². The van der Waals surface area contributed by atoms with Gasteiger partial charge in [0.25, 0.3) is 0 Å². The lowest BCUT2D eigenvalue weighted by molar-refractivity contribution is -0.151. The molecule has 0 radical (unpaired) electrons. The standard InChI is InChI=1S/C14H26N2O4/c1-14(2)9-11(5-8-20-14)13(19)16(10-12(17)18)7-6-15(3)4/h11H,5-10H2,1-4H3,(H,17,18)/t11-/m1/s1. The second-order valence-electron chi connectivity index (χ2n) is 6.25. The second-order valence-corrected chi connectivity index (χ2v) is 6.25. The van der Waals surface area contributed by atoms with E-state index in [2.05, 4.69) is 0 Å². The fraction of sp³-hybridized carbons (Fsp3) is 0.857. The van der Waals surface area contributed by atoms with Crippen LogP contribution in [0.15, 0.2) is 0 Å². The lowest BCUT2D eigenvalue weighted by Gasteiger charge is -2.37. The van der Waals surface area contributed by atoms with Crippen molar-refractivity contribution in [3.05, 3.63) is 0 Å². The van der Waals surface area contributed by atoms with Crippen LogP contribution in [0.4, 0.5) is 0 Å². The molecule has 116 valence electrons. The number of hydrogen-bond acceptors (Lipinski definition) is 4. The first-order valence-electron chi connectivity index (χ1n) is 7.00. The summed E-state index contributed by atoms with van der Waals surface area (Å²) < 4.78 is 5.61. The molecule has 6 heteroatoms. The van der Waals surface area contributed by atoms with Gasteiger partial charge in [-0.25, -0.2) is 0 Å². The molecule has 1 N–H and O–H groups in total. The number of carbonyl (C=O) groups excluding carboxylic acids is 1. The van der Waals surface area contributed by atoms with Crippen molar-refractivity contribution in [3.63, 3.8) is 0 Å². The van der Waals surface area contributed by atoms with Crippen LogP contribution < -0.4 is 0 Å². The summed E-state index contributed by atoms with van der Waals surface area (Å²) in [5.41, 5.74) is -0.310. The molecule has 1 heterocycles. The molecule has 1 saturated heterocycles. The minimum atomic E-state index is -0.969. The normalized spacial score (nSPS) is 21.8. The number of carboxylic acids is 1. The van der Waals surface area contributed by atoms with Gasteiger partial charge in [-0.15, -0.1) is 0 Å². The number of amides is 1. The smallest absolute Gasteiger partial charge is 0.323 e. The number of carbonyl (C=O) groups is 2. The molecular formula is C14H26N2O4. The number of nitrogens with zero attached hydrogens (tertiary/aromatic N) is 2. The predicted octanol–water partition coefficient (Wildman–Crippen LogP) is 0.666. The molecule has 0 saturated carbocycles. The fourth-order valence-corrected chi connectivity index (χ4v) is 2.45. The minimum absolute atomic E-state index is 0.0642. The second kappa shape index (κ2) is 7.04. The van der Waals surface area contributed by atoms with Gasteiger partial charge in [0.15, 0.2) is 0 Å². The van der Waals surface area contributed by atoms with Crippen molar-refractivity contribution in [3.8, 4) is 0 Å². The Balaban J connectivity index is 2.68. The van der Waals surface area contributed by atoms with Gasteiger partial charge < -0.3 is 19.6 Å². The molecule has 1 aliphatic heterocycles. The van der Waals surface area contributed by atoms with Crippen molar-refractivity contribution in [1.82, 2.24) is 9.80 Å². The Morgan fingerprint density at radius 3 is 2.45 bits per heavy atom. The van der Waals surface area contributed by atoms with E-state index in [0.717, 1.165) is 0 Å². The third-order valence-corrected chi connectivity index (χ3v) is 3.50. The fourth-order valence-electron chi connectivity index (χ4n) is 2.45. The van der Waals surface area contributed by atoms with Crippen molar-refractivity contribution in [1.29, 1.82) is 0 Å². The maximum atomic E-state index is 12.5. The molecule has 0 bridgehead atoms. The van der Waals surface area contributed by atoms with E-state index < -0.39 is 5.97 Å². The lowest BCUT2D eigenvalue weighted by atomic mass is 9.87. The number of hydrogen-bond donors (Lipinski definition) is 1. The molecule has 1 rings (SSSR count). The van der Waals surface area contributed by atoms with Gasteiger partial charge in [-0.3, -0.25) is 9.59 Å². The molecule has 20 heavy (non-hydrogen) atoms. The van der Waals surface area contributed by atoms with Crippen LogP contribution in [0, 0.1) is 5.92 Å². The summed E-state index contributed by atoms with van der Waals surface area (Å²) in [5.74, 6) is -1.17. The van der Waals surface area contributed by atoms with E-state index in [4.69, 9.17) is 9.84 Å². The Morgan fingerprint density at radius 2 is 1.95 bits per heavy atom. The maximum absolute atomic E-state index is 12.5. The highest BCUT2D eigenvalue weighted by Gasteiger charge is 2.35. The molecule has 1 fully saturated rings. The highest BCUT2D eigenvalue weighted by atomic mass is 16.5. The van der Waals surface area contributed by atoms with E-state index in [9.17, 15) is 9.59 Å². The number of aliphatic carboxylic acids is 1. The maximum Gasteiger partial charge on any atom is 0.323 e. The quantitative estimate of drug-likeness (QED) is 0.777. The first-order chi connectivity index (χ1) is 9.21. The average molecular weight is 286 g/mol. The van der Waals surface area contributed by atoms with Gasteiger partial charge in [0, 0.05) is 25.6 Å². The Morgan fingerprint density at radius 1 is 1.30 bits per heavy atom. The summed E-state index contributed by atoms with van der Waals surface area (Å²) in [6, 6.07) is 0. The average Bonchev–Trinajstić information content (AvgIpc) is 2.31. The zero-order chi connectivity index (χ0) is 15.3. The number of ether oxygens (including phenoxy) is 1. The van der Waals surface area contributed by atoms with E-state index in [0.29, 0.717) is 32.5 Å². The van der Waals surface area contributed by atoms with Crippen LogP contribution in [0.2, 0.25) is 0 Å². The Labute approximate surface area is 120 Å². The van der Waals surface area contributed by atoms with E-state index >= 15 is 0 Å². The largest absolute Gasteiger partial charge is 0.480 e. The van der Waals surface area contributed by atoms with Crippen molar-refractivity contribution in [2.24, 2.45) is 5.92 Å². The highest BCUT2D eigenvalue weighted by molar-refractivity contribution is 5.83. The third kappa shape index (κ3) is 5.46. The van der Waals surface area contributed by atoms with E-state index in [1.165, 1.54) is 4.90 Å². The summed E-state index contributed by atoms with van der Waals surface area (Å²) in [7, 11) is 3.81. The number of likely N-dealkylation sites (N-methyl/N-ethyl adjacent to an activating group) is 1. The molecule has 1 amide bonds. The molecular weight excluding hydrogens is 260 g/mol. The monoisotopic (exact) mass is 286 g/mol. The first-order valence-corrected chi connectivity index (χ1v) is 7.00. The predicted molar refractivity (Wildman–Crippen MR) is 75.5 cm³/mol. The van der Waals surface area contributed by atoms with E-state index in [1.807, 2.05) is 32.8 Å². The molecule has 0 unspecified atom stereocenters. The zero-order valence-electron chi connectivity index (χ0n) is 12.9. The Kier molecular flexibility index (Phi) is 5.95. The number of carboxylic acid groups (broad SMARTS) is 1. The van der Waals surface area contributed by atoms with Crippen LogP contribution in [0.1, 0.15) is 26.7 Å². The summed E-state index contributed by atoms with van der Waals surface area (Å²) >= 11 is 0. The van der Waals surface area contributed by atoms with Crippen LogP contribution in [0.5, 0.6) is 0 Å². The summed E-state index contributed by atoms with van der Waals surface area (Å²) in [4.78, 5) is 26.9. The van der Waals surface area contributed by atoms with Crippen LogP contribution in [-0.2, 0) is 14.3 Å². The van der Waals surface area contributed by atoms with E-state index in [-0.39, 0.29) is 24.0 Å². The van der Waals surface area contributed by atoms with Crippen molar-refractivity contribution in [2.45, 2.75) is 32.3 Å². The highest BCUT2D eigenvalue weighted by Crippen LogP contribution is 2.29. The minimum Gasteiger partial charge on any atom is -0.480 e. The third-order valence-electron chi connectivity index (χ3n) is 3.50. The summed E-state index contributed by atoms with van der Waals surface area (Å²) in [6.45, 7) is 5.35. The Bertz CT molecular complexity index is 355. The number of rotatable bonds is 6. The SMILES string of the molecule is CN(C)CCN(CC(=O)O)C(=O)[C@@H]1CCOC(C)(C)C1. The van der Waals surface area contributed by atoms with Gasteiger partial charge in [-0.05, 0) is 40.8 Å². The van der Waals surface area contributed by atoms with Gasteiger partial charge in [0.1, 0.15) is 6.54 Å². The molecule has 0 aromatic rings.